The maximum atomic E-state index is 13.5. The molecule has 0 aliphatic carbocycles. The SMILES string of the molecule is Cc1cn(C)c(CC(=O)Nc2cc(F)ccc2F)c1C(=O)O. The molecule has 0 radical (unpaired) electrons. The van der Waals surface area contributed by atoms with Crippen LogP contribution in [-0.4, -0.2) is 21.6 Å². The van der Waals surface area contributed by atoms with Gasteiger partial charge in [-0.2, -0.15) is 0 Å². The predicted octanol–water partition coefficient (Wildman–Crippen LogP) is 2.49. The first-order valence-electron chi connectivity index (χ1n) is 6.42. The predicted molar refractivity (Wildman–Crippen MR) is 75.8 cm³/mol. The number of carboxylic acid groups (broad SMARTS) is 1. The number of carbonyl (C=O) groups excluding carboxylic acids is 1. The molecule has 0 unspecified atom stereocenters. The highest BCUT2D eigenvalue weighted by Gasteiger charge is 2.20. The number of hydrogen-bond donors (Lipinski definition) is 2. The molecule has 2 N–H and O–H groups in total. The highest BCUT2D eigenvalue weighted by atomic mass is 19.1. The summed E-state index contributed by atoms with van der Waals surface area (Å²) >= 11 is 0. The van der Waals surface area contributed by atoms with Gasteiger partial charge in [-0.3, -0.25) is 4.79 Å². The van der Waals surface area contributed by atoms with Crippen LogP contribution >= 0.6 is 0 Å². The molecule has 0 spiro atoms. The molecule has 2 rings (SSSR count). The molecule has 0 aliphatic rings. The summed E-state index contributed by atoms with van der Waals surface area (Å²) in [6.07, 6.45) is 1.33. The molecule has 0 bridgehead atoms. The molecule has 1 amide bonds. The summed E-state index contributed by atoms with van der Waals surface area (Å²) in [5.74, 6) is -3.22. The van der Waals surface area contributed by atoms with Gasteiger partial charge in [-0.1, -0.05) is 0 Å². The third-order valence-electron chi connectivity index (χ3n) is 3.24. The van der Waals surface area contributed by atoms with Crippen LogP contribution in [0.4, 0.5) is 14.5 Å². The number of aryl methyl sites for hydroxylation is 2. The normalized spacial score (nSPS) is 10.5. The maximum Gasteiger partial charge on any atom is 0.337 e. The summed E-state index contributed by atoms with van der Waals surface area (Å²) in [6.45, 7) is 1.62. The summed E-state index contributed by atoms with van der Waals surface area (Å²) in [5.41, 5.74) is 0.569. The van der Waals surface area contributed by atoms with E-state index in [9.17, 15) is 23.5 Å². The molecule has 1 aromatic carbocycles. The van der Waals surface area contributed by atoms with Crippen LogP contribution in [-0.2, 0) is 18.3 Å². The van der Waals surface area contributed by atoms with Crippen LogP contribution in [0.15, 0.2) is 24.4 Å². The summed E-state index contributed by atoms with van der Waals surface area (Å²) in [5, 5.41) is 11.4. The van der Waals surface area contributed by atoms with E-state index in [4.69, 9.17) is 0 Å². The molecule has 1 heterocycles. The van der Waals surface area contributed by atoms with Gasteiger partial charge in [0, 0.05) is 25.0 Å². The van der Waals surface area contributed by atoms with E-state index >= 15 is 0 Å². The van der Waals surface area contributed by atoms with Gasteiger partial charge < -0.3 is 15.0 Å². The van der Waals surface area contributed by atoms with Crippen molar-refractivity contribution in [3.63, 3.8) is 0 Å². The zero-order valence-electron chi connectivity index (χ0n) is 12.0. The number of halogens is 2. The first-order valence-corrected chi connectivity index (χ1v) is 6.42. The van der Waals surface area contributed by atoms with E-state index in [2.05, 4.69) is 5.32 Å². The minimum Gasteiger partial charge on any atom is -0.478 e. The molecule has 0 saturated carbocycles. The zero-order valence-corrected chi connectivity index (χ0v) is 12.0. The van der Waals surface area contributed by atoms with Crippen LogP contribution in [0.3, 0.4) is 0 Å². The molecule has 7 heteroatoms. The second-order valence-electron chi connectivity index (χ2n) is 4.90. The topological polar surface area (TPSA) is 71.3 Å². The van der Waals surface area contributed by atoms with Gasteiger partial charge in [-0.15, -0.1) is 0 Å². The smallest absolute Gasteiger partial charge is 0.337 e. The van der Waals surface area contributed by atoms with Gasteiger partial charge in [0.1, 0.15) is 11.6 Å². The van der Waals surface area contributed by atoms with E-state index in [-0.39, 0.29) is 17.7 Å². The highest BCUT2D eigenvalue weighted by Crippen LogP contribution is 2.19. The van der Waals surface area contributed by atoms with E-state index in [1.54, 1.807) is 20.2 Å². The fourth-order valence-electron chi connectivity index (χ4n) is 2.28. The standard InChI is InChI=1S/C15H14F2N2O3/c1-8-7-19(2)12(14(8)15(21)22)6-13(20)18-11-5-9(16)3-4-10(11)17/h3-5,7H,6H2,1-2H3,(H,18,20)(H,21,22). The third kappa shape index (κ3) is 3.13. The van der Waals surface area contributed by atoms with Crippen molar-refractivity contribution in [2.24, 2.45) is 7.05 Å². The van der Waals surface area contributed by atoms with Gasteiger partial charge in [-0.25, -0.2) is 13.6 Å². The summed E-state index contributed by atoms with van der Waals surface area (Å²) in [4.78, 5) is 23.2. The van der Waals surface area contributed by atoms with Crippen LogP contribution in [0.5, 0.6) is 0 Å². The molecule has 5 nitrogen and oxygen atoms in total. The first kappa shape index (κ1) is 15.7. The highest BCUT2D eigenvalue weighted by molar-refractivity contribution is 5.96. The van der Waals surface area contributed by atoms with Gasteiger partial charge in [0.25, 0.3) is 0 Å². The Hall–Kier alpha value is -2.70. The molecule has 0 atom stereocenters. The van der Waals surface area contributed by atoms with Gasteiger partial charge >= 0.3 is 5.97 Å². The van der Waals surface area contributed by atoms with E-state index in [1.165, 1.54) is 4.57 Å². The second-order valence-corrected chi connectivity index (χ2v) is 4.90. The number of nitrogens with zero attached hydrogens (tertiary/aromatic N) is 1. The van der Waals surface area contributed by atoms with Crippen LogP contribution in [0.1, 0.15) is 21.6 Å². The van der Waals surface area contributed by atoms with E-state index in [0.717, 1.165) is 18.2 Å². The Morgan fingerprint density at radius 2 is 2.00 bits per heavy atom. The Kier molecular flexibility index (Phi) is 4.25. The molecule has 0 saturated heterocycles. The van der Waals surface area contributed by atoms with Gasteiger partial charge in [0.15, 0.2) is 0 Å². The van der Waals surface area contributed by atoms with Gasteiger partial charge in [0.05, 0.1) is 17.7 Å². The van der Waals surface area contributed by atoms with Crippen LogP contribution in [0, 0.1) is 18.6 Å². The molecule has 0 fully saturated rings. The van der Waals surface area contributed by atoms with Crippen molar-refractivity contribution < 1.29 is 23.5 Å². The molecule has 22 heavy (non-hydrogen) atoms. The molecule has 0 aliphatic heterocycles. The largest absolute Gasteiger partial charge is 0.478 e. The van der Waals surface area contributed by atoms with Gasteiger partial charge in [0.2, 0.25) is 5.91 Å². The second kappa shape index (κ2) is 5.97. The Bertz CT molecular complexity index is 753. The van der Waals surface area contributed by atoms with Crippen molar-refractivity contribution >= 4 is 17.6 Å². The van der Waals surface area contributed by atoms with Crippen molar-refractivity contribution in [2.45, 2.75) is 13.3 Å². The van der Waals surface area contributed by atoms with Crippen molar-refractivity contribution in [3.8, 4) is 0 Å². The van der Waals surface area contributed by atoms with Crippen LogP contribution < -0.4 is 5.32 Å². The minimum absolute atomic E-state index is 0.0392. The minimum atomic E-state index is -1.14. The van der Waals surface area contributed by atoms with Crippen LogP contribution in [0.25, 0.3) is 0 Å². The van der Waals surface area contributed by atoms with Crippen molar-refractivity contribution in [1.82, 2.24) is 4.57 Å². The van der Waals surface area contributed by atoms with Gasteiger partial charge in [-0.05, 0) is 24.6 Å². The number of carboxylic acids is 1. The Morgan fingerprint density at radius 1 is 1.32 bits per heavy atom. The van der Waals surface area contributed by atoms with Crippen molar-refractivity contribution in [3.05, 3.63) is 52.9 Å². The number of rotatable bonds is 4. The van der Waals surface area contributed by atoms with Crippen LogP contribution in [0.2, 0.25) is 0 Å². The van der Waals surface area contributed by atoms with Crippen molar-refractivity contribution in [1.29, 1.82) is 0 Å². The zero-order chi connectivity index (χ0) is 16.4. The summed E-state index contributed by atoms with van der Waals surface area (Å²) in [6, 6.07) is 2.70. The number of aromatic nitrogens is 1. The average molecular weight is 308 g/mol. The average Bonchev–Trinajstić information content (AvgIpc) is 2.68. The Labute approximate surface area is 125 Å². The van der Waals surface area contributed by atoms with E-state index in [0.29, 0.717) is 11.3 Å². The number of aromatic carboxylic acids is 1. The fourth-order valence-corrected chi connectivity index (χ4v) is 2.28. The quantitative estimate of drug-likeness (QED) is 0.911. The number of nitrogens with one attached hydrogen (secondary N) is 1. The summed E-state index contributed by atoms with van der Waals surface area (Å²) < 4.78 is 28.1. The molecular weight excluding hydrogens is 294 g/mol. The first-order chi connectivity index (χ1) is 10.3. The lowest BCUT2D eigenvalue weighted by Gasteiger charge is -2.08. The third-order valence-corrected chi connectivity index (χ3v) is 3.24. The molecule has 1 aromatic heterocycles. The lowest BCUT2D eigenvalue weighted by molar-refractivity contribution is -0.115. The summed E-state index contributed by atoms with van der Waals surface area (Å²) in [7, 11) is 1.62. The Balaban J connectivity index is 2.23. The number of hydrogen-bond acceptors (Lipinski definition) is 2. The molecular formula is C15H14F2N2O3. The fraction of sp³-hybridized carbons (Fsp3) is 0.200. The molecule has 116 valence electrons. The Morgan fingerprint density at radius 3 is 2.64 bits per heavy atom. The van der Waals surface area contributed by atoms with E-state index < -0.39 is 23.5 Å². The number of carbonyl (C=O) groups is 2. The van der Waals surface area contributed by atoms with E-state index in [1.807, 2.05) is 0 Å². The lowest BCUT2D eigenvalue weighted by Crippen LogP contribution is -2.19. The number of anilines is 1. The monoisotopic (exact) mass is 308 g/mol. The lowest BCUT2D eigenvalue weighted by atomic mass is 10.1. The molecule has 2 aromatic rings. The maximum absolute atomic E-state index is 13.5. The number of benzene rings is 1. The number of amides is 1. The van der Waals surface area contributed by atoms with Crippen molar-refractivity contribution in [2.75, 3.05) is 5.32 Å².